The van der Waals surface area contributed by atoms with E-state index in [4.69, 9.17) is 5.73 Å². The minimum absolute atomic E-state index is 0.214. The fourth-order valence-corrected chi connectivity index (χ4v) is 3.79. The molecule has 0 radical (unpaired) electrons. The SMILES string of the molecule is Cc1cccc(C)c1CC(N)C1CCCc2ccccc21. The number of fused-ring (bicyclic) bond motifs is 1. The van der Waals surface area contributed by atoms with Gasteiger partial charge in [0.1, 0.15) is 0 Å². The molecule has 0 aliphatic heterocycles. The van der Waals surface area contributed by atoms with Crippen molar-refractivity contribution >= 4 is 0 Å². The normalized spacial score (nSPS) is 19.1. The van der Waals surface area contributed by atoms with Gasteiger partial charge in [-0.1, -0.05) is 42.5 Å². The quantitative estimate of drug-likeness (QED) is 0.891. The molecule has 110 valence electrons. The molecule has 0 spiro atoms. The topological polar surface area (TPSA) is 26.0 Å². The van der Waals surface area contributed by atoms with Crippen LogP contribution in [0.3, 0.4) is 0 Å². The monoisotopic (exact) mass is 279 g/mol. The molecule has 2 unspecified atom stereocenters. The predicted octanol–water partition coefficient (Wildman–Crippen LogP) is 4.29. The lowest BCUT2D eigenvalue weighted by atomic mass is 9.77. The molecular weight excluding hydrogens is 254 g/mol. The summed E-state index contributed by atoms with van der Waals surface area (Å²) in [5, 5.41) is 0. The Bertz CT molecular complexity index is 609. The molecule has 0 heterocycles. The Kier molecular flexibility index (Phi) is 4.12. The third-order valence-electron chi connectivity index (χ3n) is 5.02. The van der Waals surface area contributed by atoms with Gasteiger partial charge >= 0.3 is 0 Å². The summed E-state index contributed by atoms with van der Waals surface area (Å²) >= 11 is 0. The molecular formula is C20H25N. The van der Waals surface area contributed by atoms with Crippen LogP contribution in [0.25, 0.3) is 0 Å². The van der Waals surface area contributed by atoms with Gasteiger partial charge in [0.15, 0.2) is 0 Å². The molecule has 0 saturated heterocycles. The number of rotatable bonds is 3. The molecule has 0 saturated carbocycles. The van der Waals surface area contributed by atoms with Crippen molar-refractivity contribution in [2.75, 3.05) is 0 Å². The Labute approximate surface area is 128 Å². The summed E-state index contributed by atoms with van der Waals surface area (Å²) < 4.78 is 0. The fourth-order valence-electron chi connectivity index (χ4n) is 3.79. The molecule has 2 N–H and O–H groups in total. The highest BCUT2D eigenvalue weighted by molar-refractivity contribution is 5.37. The summed E-state index contributed by atoms with van der Waals surface area (Å²) in [4.78, 5) is 0. The molecule has 1 heteroatoms. The zero-order valence-corrected chi connectivity index (χ0v) is 13.1. The van der Waals surface area contributed by atoms with Crippen molar-refractivity contribution in [3.63, 3.8) is 0 Å². The molecule has 0 fully saturated rings. The van der Waals surface area contributed by atoms with Crippen LogP contribution >= 0.6 is 0 Å². The van der Waals surface area contributed by atoms with Crippen LogP contribution in [0.2, 0.25) is 0 Å². The first-order valence-corrected chi connectivity index (χ1v) is 8.05. The predicted molar refractivity (Wildman–Crippen MR) is 89.7 cm³/mol. The van der Waals surface area contributed by atoms with E-state index < -0.39 is 0 Å². The van der Waals surface area contributed by atoms with Gasteiger partial charge in [-0.3, -0.25) is 0 Å². The molecule has 21 heavy (non-hydrogen) atoms. The number of benzene rings is 2. The van der Waals surface area contributed by atoms with E-state index in [0.717, 1.165) is 6.42 Å². The highest BCUT2D eigenvalue weighted by Gasteiger charge is 2.26. The van der Waals surface area contributed by atoms with Crippen LogP contribution in [0, 0.1) is 13.8 Å². The summed E-state index contributed by atoms with van der Waals surface area (Å²) in [5.74, 6) is 0.508. The van der Waals surface area contributed by atoms with Crippen molar-refractivity contribution in [2.45, 2.75) is 51.5 Å². The molecule has 0 bridgehead atoms. The smallest absolute Gasteiger partial charge is 0.0149 e. The molecule has 3 rings (SSSR count). The molecule has 2 atom stereocenters. The van der Waals surface area contributed by atoms with E-state index in [2.05, 4.69) is 56.3 Å². The summed E-state index contributed by atoms with van der Waals surface area (Å²) in [5.41, 5.74) is 13.8. The number of hydrogen-bond donors (Lipinski definition) is 1. The molecule has 1 aliphatic rings. The Balaban J connectivity index is 1.85. The maximum absolute atomic E-state index is 6.63. The lowest BCUT2D eigenvalue weighted by molar-refractivity contribution is 0.459. The minimum atomic E-state index is 0.214. The average molecular weight is 279 g/mol. The highest BCUT2D eigenvalue weighted by Crippen LogP contribution is 2.34. The first-order chi connectivity index (χ1) is 10.2. The summed E-state index contributed by atoms with van der Waals surface area (Å²) in [7, 11) is 0. The molecule has 1 aliphatic carbocycles. The number of hydrogen-bond acceptors (Lipinski definition) is 1. The van der Waals surface area contributed by atoms with Crippen molar-refractivity contribution < 1.29 is 0 Å². The molecule has 0 aromatic heterocycles. The average Bonchev–Trinajstić information content (AvgIpc) is 2.50. The maximum atomic E-state index is 6.63. The van der Waals surface area contributed by atoms with Gasteiger partial charge in [0.05, 0.1) is 0 Å². The lowest BCUT2D eigenvalue weighted by Crippen LogP contribution is -2.33. The van der Waals surface area contributed by atoms with Gasteiger partial charge in [0.25, 0.3) is 0 Å². The molecule has 0 amide bonds. The summed E-state index contributed by atoms with van der Waals surface area (Å²) in [6.07, 6.45) is 4.69. The first-order valence-electron chi connectivity index (χ1n) is 8.05. The Morgan fingerprint density at radius 3 is 2.52 bits per heavy atom. The number of nitrogens with two attached hydrogens (primary N) is 1. The van der Waals surface area contributed by atoms with Gasteiger partial charge in [0, 0.05) is 6.04 Å². The minimum Gasteiger partial charge on any atom is -0.327 e. The van der Waals surface area contributed by atoms with Gasteiger partial charge in [-0.25, -0.2) is 0 Å². The van der Waals surface area contributed by atoms with Crippen LogP contribution < -0.4 is 5.73 Å². The van der Waals surface area contributed by atoms with Crippen LogP contribution in [0.4, 0.5) is 0 Å². The van der Waals surface area contributed by atoms with E-state index in [1.165, 1.54) is 47.1 Å². The van der Waals surface area contributed by atoms with Gasteiger partial charge in [-0.2, -0.15) is 0 Å². The second-order valence-corrected chi connectivity index (χ2v) is 6.44. The standard InChI is InChI=1S/C20H25N/c1-14-7-5-8-15(2)19(14)13-20(21)18-12-6-10-16-9-3-4-11-17(16)18/h3-5,7-9,11,18,20H,6,10,12-13,21H2,1-2H3. The summed E-state index contributed by atoms with van der Waals surface area (Å²) in [6, 6.07) is 15.6. The van der Waals surface area contributed by atoms with Gasteiger partial charge in [-0.15, -0.1) is 0 Å². The zero-order valence-electron chi connectivity index (χ0n) is 13.1. The van der Waals surface area contributed by atoms with E-state index >= 15 is 0 Å². The van der Waals surface area contributed by atoms with Gasteiger partial charge < -0.3 is 5.73 Å². The maximum Gasteiger partial charge on any atom is 0.0149 e. The lowest BCUT2D eigenvalue weighted by Gasteiger charge is -2.31. The molecule has 2 aromatic carbocycles. The van der Waals surface area contributed by atoms with Gasteiger partial charge in [-0.05, 0) is 73.3 Å². The Morgan fingerprint density at radius 1 is 1.05 bits per heavy atom. The van der Waals surface area contributed by atoms with E-state index in [1.54, 1.807) is 0 Å². The first kappa shape index (κ1) is 14.3. The zero-order chi connectivity index (χ0) is 14.8. The van der Waals surface area contributed by atoms with E-state index in [9.17, 15) is 0 Å². The fraction of sp³-hybridized carbons (Fsp3) is 0.400. The van der Waals surface area contributed by atoms with Crippen molar-refractivity contribution in [3.8, 4) is 0 Å². The van der Waals surface area contributed by atoms with Crippen LogP contribution in [0.5, 0.6) is 0 Å². The Hall–Kier alpha value is -1.60. The van der Waals surface area contributed by atoms with Crippen molar-refractivity contribution in [1.29, 1.82) is 0 Å². The highest BCUT2D eigenvalue weighted by atomic mass is 14.7. The van der Waals surface area contributed by atoms with Crippen LogP contribution in [0.15, 0.2) is 42.5 Å². The van der Waals surface area contributed by atoms with E-state index in [0.29, 0.717) is 5.92 Å². The molecule has 1 nitrogen and oxygen atoms in total. The number of aryl methyl sites for hydroxylation is 3. The van der Waals surface area contributed by atoms with Crippen LogP contribution in [-0.4, -0.2) is 6.04 Å². The van der Waals surface area contributed by atoms with Gasteiger partial charge in [0.2, 0.25) is 0 Å². The molecule has 2 aromatic rings. The van der Waals surface area contributed by atoms with Crippen molar-refractivity contribution in [3.05, 3.63) is 70.3 Å². The second-order valence-electron chi connectivity index (χ2n) is 6.44. The largest absolute Gasteiger partial charge is 0.327 e. The van der Waals surface area contributed by atoms with Crippen molar-refractivity contribution in [1.82, 2.24) is 0 Å². The van der Waals surface area contributed by atoms with E-state index in [-0.39, 0.29) is 6.04 Å². The summed E-state index contributed by atoms with van der Waals surface area (Å²) in [6.45, 7) is 4.40. The van der Waals surface area contributed by atoms with E-state index in [1.807, 2.05) is 0 Å². The van der Waals surface area contributed by atoms with Crippen LogP contribution in [-0.2, 0) is 12.8 Å². The third kappa shape index (κ3) is 2.89. The van der Waals surface area contributed by atoms with Crippen LogP contribution in [0.1, 0.15) is 46.6 Å². The second kappa shape index (κ2) is 6.03. The third-order valence-corrected chi connectivity index (χ3v) is 5.02. The van der Waals surface area contributed by atoms with Crippen molar-refractivity contribution in [2.24, 2.45) is 5.73 Å². The Morgan fingerprint density at radius 2 is 1.76 bits per heavy atom.